The number of amides is 1. The summed E-state index contributed by atoms with van der Waals surface area (Å²) in [5.74, 6) is 2.71. The van der Waals surface area contributed by atoms with Gasteiger partial charge >= 0.3 is 0 Å². The molecular weight excluding hydrogens is 344 g/mol. The number of hydrogen-bond donors (Lipinski definition) is 0. The van der Waals surface area contributed by atoms with Gasteiger partial charge in [0.15, 0.2) is 0 Å². The standard InChI is InChI=1S/C20H26N4O3/c1-16-14-19(22-15-21-16)23-9-11-24(12-10-23)20(25)4-3-13-27-18-7-5-17(26-2)6-8-18/h5-8,14-15H,3-4,9-13H2,1-2H3. The summed E-state index contributed by atoms with van der Waals surface area (Å²) in [7, 11) is 1.63. The second-order valence-corrected chi connectivity index (χ2v) is 6.51. The second-order valence-electron chi connectivity index (χ2n) is 6.51. The van der Waals surface area contributed by atoms with E-state index in [1.165, 1.54) is 0 Å². The Labute approximate surface area is 159 Å². The van der Waals surface area contributed by atoms with E-state index in [0.717, 1.165) is 49.2 Å². The van der Waals surface area contributed by atoms with Crippen LogP contribution in [0.25, 0.3) is 0 Å². The first-order valence-electron chi connectivity index (χ1n) is 9.24. The maximum atomic E-state index is 12.4. The summed E-state index contributed by atoms with van der Waals surface area (Å²) >= 11 is 0. The van der Waals surface area contributed by atoms with Crippen LogP contribution in [0.4, 0.5) is 5.82 Å². The maximum Gasteiger partial charge on any atom is 0.222 e. The van der Waals surface area contributed by atoms with E-state index in [4.69, 9.17) is 9.47 Å². The molecule has 0 radical (unpaired) electrons. The first-order chi connectivity index (χ1) is 13.2. The molecule has 1 fully saturated rings. The van der Waals surface area contributed by atoms with Crippen molar-refractivity contribution in [3.63, 3.8) is 0 Å². The average molecular weight is 370 g/mol. The largest absolute Gasteiger partial charge is 0.497 e. The van der Waals surface area contributed by atoms with Gasteiger partial charge in [0.2, 0.25) is 5.91 Å². The number of benzene rings is 1. The molecule has 2 heterocycles. The summed E-state index contributed by atoms with van der Waals surface area (Å²) in [6.07, 6.45) is 2.80. The third-order valence-electron chi connectivity index (χ3n) is 4.61. The van der Waals surface area contributed by atoms with Crippen LogP contribution in [0.3, 0.4) is 0 Å². The quantitative estimate of drug-likeness (QED) is 0.697. The van der Waals surface area contributed by atoms with Crippen LogP contribution in [0.5, 0.6) is 11.5 Å². The number of nitrogens with zero attached hydrogens (tertiary/aromatic N) is 4. The van der Waals surface area contributed by atoms with E-state index in [0.29, 0.717) is 19.4 Å². The molecule has 0 saturated carbocycles. The first kappa shape index (κ1) is 18.9. The lowest BCUT2D eigenvalue weighted by atomic mass is 10.2. The van der Waals surface area contributed by atoms with E-state index in [1.807, 2.05) is 42.2 Å². The lowest BCUT2D eigenvalue weighted by Crippen LogP contribution is -2.49. The number of anilines is 1. The molecular formula is C20H26N4O3. The predicted octanol–water partition coefficient (Wildman–Crippen LogP) is 2.30. The molecule has 0 aliphatic carbocycles. The minimum atomic E-state index is 0.187. The van der Waals surface area contributed by atoms with Crippen LogP contribution in [0.1, 0.15) is 18.5 Å². The molecule has 1 aromatic heterocycles. The molecule has 1 aliphatic heterocycles. The summed E-state index contributed by atoms with van der Waals surface area (Å²) in [5.41, 5.74) is 0.954. The van der Waals surface area contributed by atoms with Gasteiger partial charge < -0.3 is 19.3 Å². The fraction of sp³-hybridized carbons (Fsp3) is 0.450. The molecule has 1 aliphatic rings. The number of rotatable bonds is 7. The normalized spacial score (nSPS) is 14.1. The molecule has 144 valence electrons. The molecule has 3 rings (SSSR count). The topological polar surface area (TPSA) is 67.8 Å². The minimum Gasteiger partial charge on any atom is -0.497 e. The number of ether oxygens (including phenoxy) is 2. The number of aromatic nitrogens is 2. The third-order valence-corrected chi connectivity index (χ3v) is 4.61. The number of methoxy groups -OCH3 is 1. The van der Waals surface area contributed by atoms with Gasteiger partial charge in [0.25, 0.3) is 0 Å². The molecule has 7 heteroatoms. The van der Waals surface area contributed by atoms with Crippen molar-refractivity contribution in [3.8, 4) is 11.5 Å². The Balaban J connectivity index is 1.36. The SMILES string of the molecule is COc1ccc(OCCCC(=O)N2CCN(c3cc(C)ncn3)CC2)cc1. The zero-order valence-corrected chi connectivity index (χ0v) is 15.9. The van der Waals surface area contributed by atoms with Gasteiger partial charge in [-0.1, -0.05) is 0 Å². The highest BCUT2D eigenvalue weighted by molar-refractivity contribution is 5.76. The highest BCUT2D eigenvalue weighted by atomic mass is 16.5. The van der Waals surface area contributed by atoms with Gasteiger partial charge in [-0.05, 0) is 37.6 Å². The van der Waals surface area contributed by atoms with E-state index in [-0.39, 0.29) is 5.91 Å². The summed E-state index contributed by atoms with van der Waals surface area (Å²) < 4.78 is 10.8. The van der Waals surface area contributed by atoms with Gasteiger partial charge in [-0.2, -0.15) is 0 Å². The Hall–Kier alpha value is -2.83. The van der Waals surface area contributed by atoms with Gasteiger partial charge in [-0.3, -0.25) is 4.79 Å². The van der Waals surface area contributed by atoms with Crippen LogP contribution in [-0.4, -0.2) is 60.7 Å². The fourth-order valence-corrected chi connectivity index (χ4v) is 3.04. The highest BCUT2D eigenvalue weighted by Crippen LogP contribution is 2.18. The van der Waals surface area contributed by atoms with Crippen molar-refractivity contribution in [3.05, 3.63) is 42.4 Å². The summed E-state index contributed by atoms with van der Waals surface area (Å²) in [5, 5.41) is 0. The van der Waals surface area contributed by atoms with Gasteiger partial charge in [0, 0.05) is 44.4 Å². The zero-order chi connectivity index (χ0) is 19.1. The summed E-state index contributed by atoms with van der Waals surface area (Å²) in [4.78, 5) is 25.0. The van der Waals surface area contributed by atoms with Crippen LogP contribution in [-0.2, 0) is 4.79 Å². The molecule has 1 saturated heterocycles. The van der Waals surface area contributed by atoms with Gasteiger partial charge in [0.1, 0.15) is 23.6 Å². The third kappa shape index (κ3) is 5.32. The predicted molar refractivity (Wildman–Crippen MR) is 103 cm³/mol. The van der Waals surface area contributed by atoms with Gasteiger partial charge in [-0.25, -0.2) is 9.97 Å². The van der Waals surface area contributed by atoms with Crippen molar-refractivity contribution in [2.45, 2.75) is 19.8 Å². The zero-order valence-electron chi connectivity index (χ0n) is 15.9. The van der Waals surface area contributed by atoms with Crippen molar-refractivity contribution in [2.75, 3.05) is 44.8 Å². The van der Waals surface area contributed by atoms with E-state index < -0.39 is 0 Å². The molecule has 0 atom stereocenters. The van der Waals surface area contributed by atoms with Crippen molar-refractivity contribution in [2.24, 2.45) is 0 Å². The van der Waals surface area contributed by atoms with Crippen LogP contribution < -0.4 is 14.4 Å². The van der Waals surface area contributed by atoms with Crippen molar-refractivity contribution in [1.29, 1.82) is 0 Å². The van der Waals surface area contributed by atoms with Crippen molar-refractivity contribution in [1.82, 2.24) is 14.9 Å². The Kier molecular flexibility index (Phi) is 6.46. The lowest BCUT2D eigenvalue weighted by molar-refractivity contribution is -0.131. The fourth-order valence-electron chi connectivity index (χ4n) is 3.04. The Morgan fingerprint density at radius 3 is 2.44 bits per heavy atom. The van der Waals surface area contributed by atoms with Crippen LogP contribution >= 0.6 is 0 Å². The Morgan fingerprint density at radius 1 is 1.07 bits per heavy atom. The number of piperazine rings is 1. The van der Waals surface area contributed by atoms with Gasteiger partial charge in [0.05, 0.1) is 13.7 Å². The van der Waals surface area contributed by atoms with Crippen molar-refractivity contribution >= 4 is 11.7 Å². The summed E-state index contributed by atoms with van der Waals surface area (Å²) in [6.45, 7) is 5.52. The number of aryl methyl sites for hydroxylation is 1. The summed E-state index contributed by atoms with van der Waals surface area (Å²) in [6, 6.07) is 9.44. The molecule has 27 heavy (non-hydrogen) atoms. The number of hydrogen-bond acceptors (Lipinski definition) is 6. The average Bonchev–Trinajstić information content (AvgIpc) is 2.71. The highest BCUT2D eigenvalue weighted by Gasteiger charge is 2.21. The van der Waals surface area contributed by atoms with E-state index >= 15 is 0 Å². The molecule has 0 unspecified atom stereocenters. The number of carbonyl (C=O) groups excluding carboxylic acids is 1. The maximum absolute atomic E-state index is 12.4. The Morgan fingerprint density at radius 2 is 1.78 bits per heavy atom. The van der Waals surface area contributed by atoms with E-state index in [9.17, 15) is 4.79 Å². The van der Waals surface area contributed by atoms with Crippen LogP contribution in [0.2, 0.25) is 0 Å². The van der Waals surface area contributed by atoms with Crippen molar-refractivity contribution < 1.29 is 14.3 Å². The van der Waals surface area contributed by atoms with E-state index in [1.54, 1.807) is 13.4 Å². The molecule has 0 N–H and O–H groups in total. The van der Waals surface area contributed by atoms with Crippen LogP contribution in [0, 0.1) is 6.92 Å². The van der Waals surface area contributed by atoms with E-state index in [2.05, 4.69) is 14.9 Å². The molecule has 2 aromatic rings. The molecule has 0 bridgehead atoms. The second kappa shape index (κ2) is 9.21. The Bertz CT molecular complexity index is 743. The first-order valence-corrected chi connectivity index (χ1v) is 9.24. The monoisotopic (exact) mass is 370 g/mol. The molecule has 1 aromatic carbocycles. The molecule has 0 spiro atoms. The number of carbonyl (C=O) groups is 1. The van der Waals surface area contributed by atoms with Crippen LogP contribution in [0.15, 0.2) is 36.7 Å². The lowest BCUT2D eigenvalue weighted by Gasteiger charge is -2.35. The van der Waals surface area contributed by atoms with Gasteiger partial charge in [-0.15, -0.1) is 0 Å². The smallest absolute Gasteiger partial charge is 0.222 e. The molecule has 7 nitrogen and oxygen atoms in total. The molecule has 1 amide bonds. The minimum absolute atomic E-state index is 0.187.